The van der Waals surface area contributed by atoms with Gasteiger partial charge in [0.15, 0.2) is 11.5 Å². The SMILES string of the molecule is COc1cc2[nH]c3c(=O)n(CC(=O)N4CCC(Cc5ccccc5)CC4)cnc3c2cc1OC. The molecule has 0 atom stereocenters. The zero-order valence-corrected chi connectivity index (χ0v) is 19.4. The number of H-pyrrole nitrogens is 1. The maximum atomic E-state index is 13.1. The topological polar surface area (TPSA) is 89.5 Å². The predicted molar refractivity (Wildman–Crippen MR) is 130 cm³/mol. The molecule has 2 aromatic carbocycles. The summed E-state index contributed by atoms with van der Waals surface area (Å²) >= 11 is 0. The van der Waals surface area contributed by atoms with Crippen LogP contribution in [0.5, 0.6) is 11.5 Å². The first-order chi connectivity index (χ1) is 16.6. The first kappa shape index (κ1) is 22.0. The molecule has 8 nitrogen and oxygen atoms in total. The van der Waals surface area contributed by atoms with E-state index >= 15 is 0 Å². The molecule has 5 rings (SSSR count). The number of fused-ring (bicyclic) bond motifs is 3. The molecule has 1 aliphatic rings. The number of carbonyl (C=O) groups excluding carboxylic acids is 1. The number of nitrogens with zero attached hydrogens (tertiary/aromatic N) is 3. The Morgan fingerprint density at radius 2 is 1.79 bits per heavy atom. The van der Waals surface area contributed by atoms with E-state index in [1.165, 1.54) is 16.5 Å². The number of ether oxygens (including phenoxy) is 2. The Labute approximate surface area is 197 Å². The zero-order valence-electron chi connectivity index (χ0n) is 19.4. The number of rotatable bonds is 6. The van der Waals surface area contributed by atoms with E-state index in [-0.39, 0.29) is 18.0 Å². The summed E-state index contributed by atoms with van der Waals surface area (Å²) < 4.78 is 12.1. The van der Waals surface area contributed by atoms with Gasteiger partial charge in [0.1, 0.15) is 17.6 Å². The highest BCUT2D eigenvalue weighted by Crippen LogP contribution is 2.34. The summed E-state index contributed by atoms with van der Waals surface area (Å²) in [6.45, 7) is 1.41. The molecule has 0 aliphatic carbocycles. The number of amides is 1. The maximum Gasteiger partial charge on any atom is 0.278 e. The predicted octanol–water partition coefficient (Wildman–Crippen LogP) is 3.38. The molecule has 1 fully saturated rings. The van der Waals surface area contributed by atoms with Gasteiger partial charge in [0.05, 0.1) is 26.1 Å². The van der Waals surface area contributed by atoms with Crippen molar-refractivity contribution in [3.05, 3.63) is 64.7 Å². The number of hydrogen-bond donors (Lipinski definition) is 1. The van der Waals surface area contributed by atoms with Crippen LogP contribution in [0.2, 0.25) is 0 Å². The van der Waals surface area contributed by atoms with Gasteiger partial charge in [-0.15, -0.1) is 0 Å². The van der Waals surface area contributed by atoms with Gasteiger partial charge in [-0.3, -0.25) is 14.2 Å². The van der Waals surface area contributed by atoms with Gasteiger partial charge in [0.2, 0.25) is 5.91 Å². The van der Waals surface area contributed by atoms with Crippen LogP contribution in [0.15, 0.2) is 53.6 Å². The molecule has 0 radical (unpaired) electrons. The molecule has 0 unspecified atom stereocenters. The standard InChI is InChI=1S/C26H28N4O4/c1-33-21-13-19-20(14-22(21)34-2)28-25-24(19)27-16-30(26(25)32)15-23(31)29-10-8-18(9-11-29)12-17-6-4-3-5-7-17/h3-7,13-14,16,18,28H,8-12,15H2,1-2H3. The van der Waals surface area contributed by atoms with Crippen LogP contribution >= 0.6 is 0 Å². The van der Waals surface area contributed by atoms with Crippen LogP contribution in [-0.2, 0) is 17.8 Å². The summed E-state index contributed by atoms with van der Waals surface area (Å²) in [5.41, 5.74) is 2.70. The summed E-state index contributed by atoms with van der Waals surface area (Å²) in [5.74, 6) is 1.65. The Balaban J connectivity index is 1.31. The van der Waals surface area contributed by atoms with Crippen molar-refractivity contribution in [3.8, 4) is 11.5 Å². The molecule has 4 aromatic rings. The van der Waals surface area contributed by atoms with Crippen molar-refractivity contribution < 1.29 is 14.3 Å². The van der Waals surface area contributed by atoms with Gasteiger partial charge in [0, 0.05) is 24.5 Å². The number of aromatic amines is 1. The Kier molecular flexibility index (Phi) is 5.96. The zero-order chi connectivity index (χ0) is 23.7. The van der Waals surface area contributed by atoms with E-state index in [1.807, 2.05) is 11.0 Å². The van der Waals surface area contributed by atoms with E-state index < -0.39 is 0 Å². The minimum absolute atomic E-state index is 0.0207. The molecule has 176 valence electrons. The third-order valence-corrected chi connectivity index (χ3v) is 6.72. The largest absolute Gasteiger partial charge is 0.493 e. The van der Waals surface area contributed by atoms with Gasteiger partial charge < -0.3 is 19.4 Å². The average Bonchev–Trinajstić information content (AvgIpc) is 3.24. The van der Waals surface area contributed by atoms with Crippen molar-refractivity contribution in [1.82, 2.24) is 19.4 Å². The Morgan fingerprint density at radius 3 is 2.50 bits per heavy atom. The fraction of sp³-hybridized carbons (Fsp3) is 0.346. The lowest BCUT2D eigenvalue weighted by Gasteiger charge is -2.32. The van der Waals surface area contributed by atoms with Gasteiger partial charge >= 0.3 is 0 Å². The molecule has 0 saturated carbocycles. The van der Waals surface area contributed by atoms with Crippen molar-refractivity contribution in [1.29, 1.82) is 0 Å². The van der Waals surface area contributed by atoms with Crippen molar-refractivity contribution in [3.63, 3.8) is 0 Å². The first-order valence-corrected chi connectivity index (χ1v) is 11.5. The first-order valence-electron chi connectivity index (χ1n) is 11.5. The molecule has 1 aliphatic heterocycles. The highest BCUT2D eigenvalue weighted by Gasteiger charge is 2.24. The van der Waals surface area contributed by atoms with Crippen molar-refractivity contribution in [2.75, 3.05) is 27.3 Å². The van der Waals surface area contributed by atoms with E-state index in [2.05, 4.69) is 34.2 Å². The van der Waals surface area contributed by atoms with E-state index in [4.69, 9.17) is 9.47 Å². The lowest BCUT2D eigenvalue weighted by molar-refractivity contribution is -0.133. The van der Waals surface area contributed by atoms with Crippen LogP contribution in [-0.4, -0.2) is 52.7 Å². The minimum atomic E-state index is -0.272. The third-order valence-electron chi connectivity index (χ3n) is 6.72. The molecule has 1 saturated heterocycles. The summed E-state index contributed by atoms with van der Waals surface area (Å²) in [6.07, 6.45) is 4.44. The highest BCUT2D eigenvalue weighted by molar-refractivity contribution is 6.05. The molecule has 3 heterocycles. The van der Waals surface area contributed by atoms with E-state index in [0.29, 0.717) is 41.5 Å². The van der Waals surface area contributed by atoms with Crippen LogP contribution in [0.25, 0.3) is 21.9 Å². The number of likely N-dealkylation sites (tertiary alicyclic amines) is 1. The summed E-state index contributed by atoms with van der Waals surface area (Å²) in [5, 5.41) is 0.767. The van der Waals surface area contributed by atoms with Gasteiger partial charge in [-0.2, -0.15) is 0 Å². The molecule has 1 amide bonds. The number of benzene rings is 2. The molecule has 2 aromatic heterocycles. The fourth-order valence-corrected chi connectivity index (χ4v) is 4.81. The van der Waals surface area contributed by atoms with Crippen LogP contribution < -0.4 is 15.0 Å². The van der Waals surface area contributed by atoms with Crippen molar-refractivity contribution >= 4 is 27.8 Å². The summed E-state index contributed by atoms with van der Waals surface area (Å²) in [7, 11) is 3.13. The molecular weight excluding hydrogens is 432 g/mol. The average molecular weight is 461 g/mol. The number of methoxy groups -OCH3 is 2. The molecule has 0 bridgehead atoms. The number of hydrogen-bond acceptors (Lipinski definition) is 5. The maximum absolute atomic E-state index is 13.1. The number of aromatic nitrogens is 3. The second-order valence-electron chi connectivity index (χ2n) is 8.79. The Morgan fingerprint density at radius 1 is 1.09 bits per heavy atom. The Bertz CT molecular complexity index is 1380. The molecule has 8 heteroatoms. The normalized spacial score (nSPS) is 14.6. The van der Waals surface area contributed by atoms with Crippen LogP contribution in [0.3, 0.4) is 0 Å². The van der Waals surface area contributed by atoms with E-state index in [9.17, 15) is 9.59 Å². The highest BCUT2D eigenvalue weighted by atomic mass is 16.5. The van der Waals surface area contributed by atoms with Crippen LogP contribution in [0.4, 0.5) is 0 Å². The van der Waals surface area contributed by atoms with Gasteiger partial charge in [-0.1, -0.05) is 30.3 Å². The second kappa shape index (κ2) is 9.21. The van der Waals surface area contributed by atoms with Gasteiger partial charge in [0.25, 0.3) is 5.56 Å². The lowest BCUT2D eigenvalue weighted by Crippen LogP contribution is -2.42. The summed E-state index contributed by atoms with van der Waals surface area (Å²) in [6, 6.07) is 14.1. The number of nitrogens with one attached hydrogen (secondary N) is 1. The molecular formula is C26H28N4O4. The quantitative estimate of drug-likeness (QED) is 0.477. The smallest absolute Gasteiger partial charge is 0.278 e. The van der Waals surface area contributed by atoms with Crippen LogP contribution in [0.1, 0.15) is 18.4 Å². The number of carbonyl (C=O) groups is 1. The molecule has 1 N–H and O–H groups in total. The third kappa shape index (κ3) is 4.11. The van der Waals surface area contributed by atoms with Crippen LogP contribution in [0, 0.1) is 5.92 Å². The van der Waals surface area contributed by atoms with Crippen molar-refractivity contribution in [2.24, 2.45) is 5.92 Å². The van der Waals surface area contributed by atoms with Crippen molar-refractivity contribution in [2.45, 2.75) is 25.8 Å². The number of piperidine rings is 1. The van der Waals surface area contributed by atoms with E-state index in [0.717, 1.165) is 30.2 Å². The monoisotopic (exact) mass is 460 g/mol. The van der Waals surface area contributed by atoms with Gasteiger partial charge in [-0.25, -0.2) is 4.98 Å². The molecule has 34 heavy (non-hydrogen) atoms. The minimum Gasteiger partial charge on any atom is -0.493 e. The molecule has 0 spiro atoms. The Hall–Kier alpha value is -3.81. The fourth-order valence-electron chi connectivity index (χ4n) is 4.81. The summed E-state index contributed by atoms with van der Waals surface area (Å²) in [4.78, 5) is 35.6. The lowest BCUT2D eigenvalue weighted by atomic mass is 9.90. The van der Waals surface area contributed by atoms with Gasteiger partial charge in [-0.05, 0) is 36.8 Å². The second-order valence-corrected chi connectivity index (χ2v) is 8.79. The van der Waals surface area contributed by atoms with E-state index in [1.54, 1.807) is 26.4 Å².